The van der Waals surface area contributed by atoms with Gasteiger partial charge < -0.3 is 10.1 Å². The average Bonchev–Trinajstić information content (AvgIpc) is 3.29. The molecule has 0 bridgehead atoms. The van der Waals surface area contributed by atoms with Gasteiger partial charge in [0.2, 0.25) is 5.90 Å². The van der Waals surface area contributed by atoms with Gasteiger partial charge in [-0.3, -0.25) is 9.79 Å². The molecular weight excluding hydrogens is 380 g/mol. The summed E-state index contributed by atoms with van der Waals surface area (Å²) >= 11 is 2.60. The van der Waals surface area contributed by atoms with Gasteiger partial charge in [-0.2, -0.15) is 0 Å². The van der Waals surface area contributed by atoms with Gasteiger partial charge in [0.15, 0.2) is 0 Å². The number of benzene rings is 1. The van der Waals surface area contributed by atoms with Crippen LogP contribution in [0.15, 0.2) is 48.2 Å². The summed E-state index contributed by atoms with van der Waals surface area (Å²) in [5.41, 5.74) is 3.67. The molecule has 0 spiro atoms. The molecule has 0 aliphatic heterocycles. The molecule has 0 radical (unpaired) electrons. The number of carbonyl (C=O) groups excluding carboxylic acids is 1. The van der Waals surface area contributed by atoms with E-state index in [1.54, 1.807) is 14.0 Å². The number of aromatic nitrogens is 2. The number of anilines is 1. The number of ether oxygens (including phenoxy) is 1. The Bertz CT molecular complexity index is 1020. The van der Waals surface area contributed by atoms with E-state index in [1.807, 2.05) is 37.3 Å². The first-order valence-corrected chi connectivity index (χ1v) is 9.68. The van der Waals surface area contributed by atoms with Crippen molar-refractivity contribution in [1.29, 1.82) is 0 Å². The van der Waals surface area contributed by atoms with E-state index in [9.17, 15) is 4.79 Å². The second-order valence-corrected chi connectivity index (χ2v) is 7.49. The summed E-state index contributed by atoms with van der Waals surface area (Å²) in [5, 5.41) is 7.55. The second-order valence-electron chi connectivity index (χ2n) is 5.65. The first kappa shape index (κ1) is 18.9. The zero-order valence-electron chi connectivity index (χ0n) is 15.1. The lowest BCUT2D eigenvalue weighted by Gasteiger charge is -2.09. The SMILES string of the molecule is C=CO/C(=N\C)c1ccc(C)c(-c2ccc(NC(=O)c3snnc3C)s2)c1. The first-order chi connectivity index (χ1) is 13.0. The van der Waals surface area contributed by atoms with E-state index in [1.165, 1.54) is 17.6 Å². The Morgan fingerprint density at radius 1 is 1.30 bits per heavy atom. The van der Waals surface area contributed by atoms with Gasteiger partial charge in [-0.15, -0.1) is 16.4 Å². The molecule has 27 heavy (non-hydrogen) atoms. The molecule has 1 amide bonds. The van der Waals surface area contributed by atoms with Crippen LogP contribution >= 0.6 is 22.9 Å². The average molecular weight is 399 g/mol. The quantitative estimate of drug-likeness (QED) is 0.385. The smallest absolute Gasteiger partial charge is 0.269 e. The molecule has 0 saturated heterocycles. The lowest BCUT2D eigenvalue weighted by atomic mass is 10.0. The summed E-state index contributed by atoms with van der Waals surface area (Å²) in [6.45, 7) is 7.39. The van der Waals surface area contributed by atoms with Gasteiger partial charge in [0, 0.05) is 17.5 Å². The molecule has 0 unspecified atom stereocenters. The highest BCUT2D eigenvalue weighted by molar-refractivity contribution is 7.19. The zero-order chi connectivity index (χ0) is 19.4. The zero-order valence-corrected chi connectivity index (χ0v) is 16.8. The Morgan fingerprint density at radius 3 is 2.78 bits per heavy atom. The van der Waals surface area contributed by atoms with Crippen LogP contribution < -0.4 is 5.32 Å². The molecule has 0 atom stereocenters. The highest BCUT2D eigenvalue weighted by Crippen LogP contribution is 2.34. The number of thiophene rings is 1. The van der Waals surface area contributed by atoms with Crippen LogP contribution in [0.2, 0.25) is 0 Å². The fourth-order valence-electron chi connectivity index (χ4n) is 2.51. The molecule has 3 rings (SSSR count). The molecule has 0 aliphatic rings. The molecule has 3 aromatic rings. The summed E-state index contributed by atoms with van der Waals surface area (Å²) in [6.07, 6.45) is 1.36. The Balaban J connectivity index is 1.87. The lowest BCUT2D eigenvalue weighted by molar-refractivity contribution is 0.103. The van der Waals surface area contributed by atoms with Crippen molar-refractivity contribution in [3.8, 4) is 10.4 Å². The standard InChI is InChI=1S/C19H18N4O2S2/c1-5-25-19(20-4)13-7-6-11(2)14(10-13)15-8-9-16(26-15)21-18(24)17-12(3)22-23-27-17/h5-10H,1H2,2-4H3,(H,21,24)/b20-19-. The molecule has 6 nitrogen and oxygen atoms in total. The number of nitrogens with one attached hydrogen (secondary N) is 1. The minimum Gasteiger partial charge on any atom is -0.447 e. The van der Waals surface area contributed by atoms with E-state index in [0.717, 1.165) is 38.1 Å². The minimum atomic E-state index is -0.193. The van der Waals surface area contributed by atoms with Crippen LogP contribution in [0.3, 0.4) is 0 Å². The molecule has 0 saturated carbocycles. The molecule has 138 valence electrons. The van der Waals surface area contributed by atoms with Crippen molar-refractivity contribution in [2.45, 2.75) is 13.8 Å². The van der Waals surface area contributed by atoms with Crippen molar-refractivity contribution in [2.75, 3.05) is 12.4 Å². The minimum absolute atomic E-state index is 0.193. The van der Waals surface area contributed by atoms with Crippen molar-refractivity contribution >= 4 is 39.7 Å². The highest BCUT2D eigenvalue weighted by atomic mass is 32.1. The third-order valence-electron chi connectivity index (χ3n) is 3.85. The number of hydrogen-bond donors (Lipinski definition) is 1. The molecule has 0 aliphatic carbocycles. The Hall–Kier alpha value is -2.84. The van der Waals surface area contributed by atoms with Crippen LogP contribution in [0, 0.1) is 13.8 Å². The van der Waals surface area contributed by atoms with E-state index >= 15 is 0 Å². The Kier molecular flexibility index (Phi) is 5.78. The number of aliphatic imine (C=N–C) groups is 1. The van der Waals surface area contributed by atoms with Crippen LogP contribution in [-0.2, 0) is 4.74 Å². The van der Waals surface area contributed by atoms with Crippen molar-refractivity contribution < 1.29 is 9.53 Å². The molecular formula is C19H18N4O2S2. The molecule has 2 aromatic heterocycles. The number of aryl methyl sites for hydroxylation is 2. The predicted molar refractivity (Wildman–Crippen MR) is 111 cm³/mol. The Labute approximate surface area is 165 Å². The van der Waals surface area contributed by atoms with Gasteiger partial charge in [0.1, 0.15) is 4.88 Å². The number of hydrogen-bond acceptors (Lipinski definition) is 7. The fourth-order valence-corrected chi connectivity index (χ4v) is 4.04. The van der Waals surface area contributed by atoms with Gasteiger partial charge in [0.25, 0.3) is 5.91 Å². The van der Waals surface area contributed by atoms with Crippen LogP contribution in [0.4, 0.5) is 5.00 Å². The van der Waals surface area contributed by atoms with Crippen LogP contribution in [0.1, 0.15) is 26.5 Å². The molecule has 0 fully saturated rings. The van der Waals surface area contributed by atoms with Gasteiger partial charge in [0.05, 0.1) is 17.0 Å². The molecule has 1 aromatic carbocycles. The number of rotatable bonds is 5. The van der Waals surface area contributed by atoms with Gasteiger partial charge in [-0.25, -0.2) is 0 Å². The summed E-state index contributed by atoms with van der Waals surface area (Å²) in [5.74, 6) is 0.311. The third kappa shape index (κ3) is 4.12. The van der Waals surface area contributed by atoms with Gasteiger partial charge >= 0.3 is 0 Å². The van der Waals surface area contributed by atoms with Gasteiger partial charge in [-0.1, -0.05) is 17.1 Å². The first-order valence-electron chi connectivity index (χ1n) is 8.09. The van der Waals surface area contributed by atoms with E-state index in [4.69, 9.17) is 4.74 Å². The summed E-state index contributed by atoms with van der Waals surface area (Å²) in [4.78, 5) is 18.1. The van der Waals surface area contributed by atoms with Crippen LogP contribution in [-0.4, -0.2) is 28.4 Å². The summed E-state index contributed by atoms with van der Waals surface area (Å²) in [7, 11) is 1.67. The normalized spacial score (nSPS) is 11.3. The predicted octanol–water partition coefficient (Wildman–Crippen LogP) is 4.67. The highest BCUT2D eigenvalue weighted by Gasteiger charge is 2.15. The van der Waals surface area contributed by atoms with E-state index in [0.29, 0.717) is 16.5 Å². The second kappa shape index (κ2) is 8.24. The van der Waals surface area contributed by atoms with E-state index in [2.05, 4.69) is 26.5 Å². The topological polar surface area (TPSA) is 76.5 Å². The van der Waals surface area contributed by atoms with E-state index in [-0.39, 0.29) is 5.91 Å². The van der Waals surface area contributed by atoms with Crippen LogP contribution in [0.25, 0.3) is 10.4 Å². The van der Waals surface area contributed by atoms with Crippen LogP contribution in [0.5, 0.6) is 0 Å². The maximum Gasteiger partial charge on any atom is 0.269 e. The molecule has 1 N–H and O–H groups in total. The number of carbonyl (C=O) groups is 1. The van der Waals surface area contributed by atoms with E-state index < -0.39 is 0 Å². The number of nitrogens with zero attached hydrogens (tertiary/aromatic N) is 3. The van der Waals surface area contributed by atoms with Crippen molar-refractivity contribution in [2.24, 2.45) is 4.99 Å². The van der Waals surface area contributed by atoms with Crippen molar-refractivity contribution in [3.63, 3.8) is 0 Å². The summed E-state index contributed by atoms with van der Waals surface area (Å²) in [6, 6.07) is 9.88. The fraction of sp³-hybridized carbons (Fsp3) is 0.158. The Morgan fingerprint density at radius 2 is 2.11 bits per heavy atom. The maximum absolute atomic E-state index is 12.3. The van der Waals surface area contributed by atoms with Gasteiger partial charge in [-0.05, 0) is 60.8 Å². The molecule has 8 heteroatoms. The van der Waals surface area contributed by atoms with Crippen molar-refractivity contribution in [1.82, 2.24) is 9.59 Å². The summed E-state index contributed by atoms with van der Waals surface area (Å²) < 4.78 is 9.17. The largest absolute Gasteiger partial charge is 0.447 e. The monoisotopic (exact) mass is 398 g/mol. The van der Waals surface area contributed by atoms with Crippen molar-refractivity contribution in [3.05, 3.63) is 64.9 Å². The molecule has 2 heterocycles. The third-order valence-corrected chi connectivity index (χ3v) is 5.71. The maximum atomic E-state index is 12.3. The number of amides is 1. The lowest BCUT2D eigenvalue weighted by Crippen LogP contribution is -2.10.